The van der Waals surface area contributed by atoms with Crippen molar-refractivity contribution in [1.82, 2.24) is 9.88 Å². The highest BCUT2D eigenvalue weighted by molar-refractivity contribution is 7.15. The molecule has 0 bridgehead atoms. The molecule has 0 saturated carbocycles. The van der Waals surface area contributed by atoms with Crippen molar-refractivity contribution < 1.29 is 4.74 Å². The maximum Gasteiger partial charge on any atom is 0.180 e. The zero-order chi connectivity index (χ0) is 12.5. The van der Waals surface area contributed by atoms with Crippen molar-refractivity contribution in [3.05, 3.63) is 11.1 Å². The van der Waals surface area contributed by atoms with Crippen LogP contribution in [0.15, 0.2) is 6.20 Å². The summed E-state index contributed by atoms with van der Waals surface area (Å²) < 4.78 is 5.84. The highest BCUT2D eigenvalue weighted by Crippen LogP contribution is 2.26. The van der Waals surface area contributed by atoms with Gasteiger partial charge in [0.05, 0.1) is 12.7 Å². The monoisotopic (exact) mass is 255 g/mol. The molecule has 1 aliphatic heterocycles. The maximum atomic E-state index is 5.84. The molecule has 4 nitrogen and oxygen atoms in total. The number of ether oxygens (including phenoxy) is 1. The number of anilines is 1. The minimum absolute atomic E-state index is 0.200. The average Bonchev–Trinajstić information content (AvgIpc) is 2.63. The van der Waals surface area contributed by atoms with Crippen molar-refractivity contribution in [2.24, 2.45) is 5.41 Å². The summed E-state index contributed by atoms with van der Waals surface area (Å²) in [6.07, 6.45) is 2.18. The lowest BCUT2D eigenvalue weighted by Gasteiger charge is -2.39. The third-order valence-corrected chi connectivity index (χ3v) is 3.88. The number of nitrogens with two attached hydrogens (primary N) is 1. The number of rotatable bonds is 2. The number of hydrogen-bond acceptors (Lipinski definition) is 5. The van der Waals surface area contributed by atoms with E-state index in [2.05, 4.69) is 30.7 Å². The number of hydrogen-bond donors (Lipinski definition) is 1. The lowest BCUT2D eigenvalue weighted by molar-refractivity contribution is -0.0814. The Hall–Kier alpha value is -0.650. The molecule has 1 aliphatic rings. The quantitative estimate of drug-likeness (QED) is 0.878. The molecule has 1 atom stereocenters. The van der Waals surface area contributed by atoms with Gasteiger partial charge in [-0.05, 0) is 5.41 Å². The molecule has 5 heteroatoms. The fourth-order valence-corrected chi connectivity index (χ4v) is 2.71. The molecule has 1 aromatic heterocycles. The fraction of sp³-hybridized carbons (Fsp3) is 0.750. The van der Waals surface area contributed by atoms with Gasteiger partial charge in [-0.15, -0.1) is 11.3 Å². The molecular formula is C12H21N3OS. The van der Waals surface area contributed by atoms with E-state index in [-0.39, 0.29) is 5.41 Å². The van der Waals surface area contributed by atoms with E-state index in [4.69, 9.17) is 10.5 Å². The second-order valence-corrected chi connectivity index (χ2v) is 6.77. The summed E-state index contributed by atoms with van der Waals surface area (Å²) in [4.78, 5) is 7.74. The molecule has 1 aromatic rings. The van der Waals surface area contributed by atoms with Gasteiger partial charge in [0.2, 0.25) is 0 Å². The van der Waals surface area contributed by atoms with Gasteiger partial charge in [-0.2, -0.15) is 0 Å². The topological polar surface area (TPSA) is 51.4 Å². The first-order valence-electron chi connectivity index (χ1n) is 5.99. The summed E-state index contributed by atoms with van der Waals surface area (Å²) in [6.45, 7) is 10.4. The van der Waals surface area contributed by atoms with Gasteiger partial charge >= 0.3 is 0 Å². The van der Waals surface area contributed by atoms with Crippen molar-refractivity contribution in [3.63, 3.8) is 0 Å². The van der Waals surface area contributed by atoms with Gasteiger partial charge in [-0.1, -0.05) is 20.8 Å². The van der Waals surface area contributed by atoms with Crippen LogP contribution in [0.1, 0.15) is 25.6 Å². The second kappa shape index (κ2) is 4.92. The van der Waals surface area contributed by atoms with Crippen molar-refractivity contribution in [1.29, 1.82) is 0 Å². The molecule has 0 spiro atoms. The lowest BCUT2D eigenvalue weighted by atomic mass is 9.88. The van der Waals surface area contributed by atoms with E-state index in [1.807, 2.05) is 6.20 Å². The van der Waals surface area contributed by atoms with Crippen LogP contribution >= 0.6 is 11.3 Å². The molecule has 0 amide bonds. The van der Waals surface area contributed by atoms with Crippen LogP contribution in [0.2, 0.25) is 0 Å². The predicted octanol–water partition coefficient (Wildman–Crippen LogP) is 1.97. The van der Waals surface area contributed by atoms with Crippen LogP contribution in [0.4, 0.5) is 5.13 Å². The number of morpholine rings is 1. The Balaban J connectivity index is 1.94. The number of aromatic nitrogens is 1. The third kappa shape index (κ3) is 3.40. The van der Waals surface area contributed by atoms with Crippen molar-refractivity contribution in [2.75, 3.05) is 25.4 Å². The largest absolute Gasteiger partial charge is 0.375 e. The van der Waals surface area contributed by atoms with Gasteiger partial charge in [0.25, 0.3) is 0 Å². The van der Waals surface area contributed by atoms with Crippen LogP contribution in [0.25, 0.3) is 0 Å². The van der Waals surface area contributed by atoms with Gasteiger partial charge in [0.1, 0.15) is 0 Å². The zero-order valence-electron chi connectivity index (χ0n) is 10.8. The van der Waals surface area contributed by atoms with E-state index in [1.165, 1.54) is 4.88 Å². The van der Waals surface area contributed by atoms with E-state index < -0.39 is 0 Å². The molecule has 0 radical (unpaired) electrons. The molecule has 2 N–H and O–H groups in total. The molecule has 96 valence electrons. The van der Waals surface area contributed by atoms with Crippen LogP contribution in [0, 0.1) is 5.41 Å². The van der Waals surface area contributed by atoms with Crippen LogP contribution in [0.3, 0.4) is 0 Å². The molecule has 1 fully saturated rings. The first kappa shape index (κ1) is 12.8. The van der Waals surface area contributed by atoms with Crippen molar-refractivity contribution >= 4 is 16.5 Å². The Kier molecular flexibility index (Phi) is 3.70. The maximum absolute atomic E-state index is 5.84. The molecule has 2 heterocycles. The first-order chi connectivity index (χ1) is 7.95. The second-order valence-electron chi connectivity index (χ2n) is 5.63. The van der Waals surface area contributed by atoms with Crippen molar-refractivity contribution in [3.8, 4) is 0 Å². The Labute approximate surface area is 107 Å². The highest BCUT2D eigenvalue weighted by atomic mass is 32.1. The van der Waals surface area contributed by atoms with Gasteiger partial charge in [0.15, 0.2) is 5.13 Å². The Morgan fingerprint density at radius 2 is 2.35 bits per heavy atom. The lowest BCUT2D eigenvalue weighted by Crippen LogP contribution is -2.47. The Bertz CT molecular complexity index is 372. The standard InChI is InChI=1S/C12H21N3OS/c1-12(2,3)10-8-15(4-5-16-10)7-9-6-14-11(13)17-9/h6,10H,4-5,7-8H2,1-3H3,(H2,13,14). The summed E-state index contributed by atoms with van der Waals surface area (Å²) >= 11 is 1.57. The SMILES string of the molecule is CC(C)(C)C1CN(Cc2cnc(N)s2)CCO1. The molecule has 0 aromatic carbocycles. The first-order valence-corrected chi connectivity index (χ1v) is 6.81. The minimum atomic E-state index is 0.200. The van der Waals surface area contributed by atoms with E-state index >= 15 is 0 Å². The predicted molar refractivity (Wildman–Crippen MR) is 71.0 cm³/mol. The number of nitrogens with zero attached hydrogens (tertiary/aromatic N) is 2. The molecule has 1 saturated heterocycles. The average molecular weight is 255 g/mol. The van der Waals surface area contributed by atoms with E-state index in [0.29, 0.717) is 11.2 Å². The minimum Gasteiger partial charge on any atom is -0.375 e. The van der Waals surface area contributed by atoms with Gasteiger partial charge < -0.3 is 10.5 Å². The van der Waals surface area contributed by atoms with Gasteiger partial charge in [-0.25, -0.2) is 4.98 Å². The highest BCUT2D eigenvalue weighted by Gasteiger charge is 2.30. The fourth-order valence-electron chi connectivity index (χ4n) is 1.99. The van der Waals surface area contributed by atoms with E-state index in [1.54, 1.807) is 11.3 Å². The molecule has 1 unspecified atom stereocenters. The van der Waals surface area contributed by atoms with Crippen LogP contribution in [-0.4, -0.2) is 35.7 Å². The van der Waals surface area contributed by atoms with Crippen LogP contribution in [-0.2, 0) is 11.3 Å². The van der Waals surface area contributed by atoms with Gasteiger partial charge in [-0.3, -0.25) is 4.90 Å². The summed E-state index contributed by atoms with van der Waals surface area (Å²) in [5.41, 5.74) is 5.84. The Morgan fingerprint density at radius 3 is 2.94 bits per heavy atom. The summed E-state index contributed by atoms with van der Waals surface area (Å²) in [5.74, 6) is 0. The van der Waals surface area contributed by atoms with Crippen LogP contribution in [0.5, 0.6) is 0 Å². The van der Waals surface area contributed by atoms with Crippen LogP contribution < -0.4 is 5.73 Å². The van der Waals surface area contributed by atoms with Crippen molar-refractivity contribution in [2.45, 2.75) is 33.4 Å². The summed E-state index contributed by atoms with van der Waals surface area (Å²) in [7, 11) is 0. The van der Waals surface area contributed by atoms with E-state index in [9.17, 15) is 0 Å². The zero-order valence-corrected chi connectivity index (χ0v) is 11.6. The molecule has 17 heavy (non-hydrogen) atoms. The third-order valence-electron chi connectivity index (χ3n) is 3.07. The molecule has 0 aliphatic carbocycles. The van der Waals surface area contributed by atoms with E-state index in [0.717, 1.165) is 26.2 Å². The van der Waals surface area contributed by atoms with Gasteiger partial charge in [0, 0.05) is 30.7 Å². The smallest absolute Gasteiger partial charge is 0.180 e. The summed E-state index contributed by atoms with van der Waals surface area (Å²) in [5, 5.41) is 0.653. The number of thiazole rings is 1. The summed E-state index contributed by atoms with van der Waals surface area (Å²) in [6, 6.07) is 0. The molecular weight excluding hydrogens is 234 g/mol. The number of nitrogen functional groups attached to an aromatic ring is 1. The Morgan fingerprint density at radius 1 is 1.59 bits per heavy atom. The molecule has 2 rings (SSSR count). The normalized spacial score (nSPS) is 22.9.